The lowest BCUT2D eigenvalue weighted by Crippen LogP contribution is -2.09. The van der Waals surface area contributed by atoms with Crippen LogP contribution in [-0.2, 0) is 12.8 Å². The molecule has 2 aromatic rings. The second kappa shape index (κ2) is 4.48. The molecule has 2 rings (SSSR count). The van der Waals surface area contributed by atoms with Gasteiger partial charge in [0.15, 0.2) is 11.6 Å². The van der Waals surface area contributed by atoms with Crippen LogP contribution in [0.15, 0.2) is 12.3 Å². The molecule has 0 saturated carbocycles. The van der Waals surface area contributed by atoms with E-state index in [1.54, 1.807) is 0 Å². The van der Waals surface area contributed by atoms with E-state index in [4.69, 9.17) is 5.73 Å². The molecule has 0 spiro atoms. The van der Waals surface area contributed by atoms with Gasteiger partial charge in [0, 0.05) is 5.69 Å². The highest BCUT2D eigenvalue weighted by Crippen LogP contribution is 2.15. The number of aryl methyl sites for hydroxylation is 2. The number of nitrogen functional groups attached to an aromatic ring is 1. The summed E-state index contributed by atoms with van der Waals surface area (Å²) in [5.41, 5.74) is 7.27. The Kier molecular flexibility index (Phi) is 3.03. The summed E-state index contributed by atoms with van der Waals surface area (Å²) >= 11 is 0. The quantitative estimate of drug-likeness (QED) is 0.875. The van der Waals surface area contributed by atoms with Crippen molar-refractivity contribution in [2.75, 3.05) is 5.73 Å². The third kappa shape index (κ3) is 2.11. The Labute approximate surface area is 98.5 Å². The minimum absolute atomic E-state index is 0.0389. The first kappa shape index (κ1) is 11.5. The Morgan fingerprint density at radius 2 is 2.12 bits per heavy atom. The van der Waals surface area contributed by atoms with Crippen molar-refractivity contribution in [2.24, 2.45) is 0 Å². The smallest absolute Gasteiger partial charge is 0.222 e. The zero-order valence-corrected chi connectivity index (χ0v) is 9.81. The first-order valence-electron chi connectivity index (χ1n) is 5.51. The lowest BCUT2D eigenvalue weighted by Gasteiger charge is -2.05. The van der Waals surface area contributed by atoms with Crippen LogP contribution in [0.4, 0.5) is 10.3 Å². The van der Waals surface area contributed by atoms with Crippen LogP contribution in [0.1, 0.15) is 25.2 Å². The molecule has 2 heterocycles. The summed E-state index contributed by atoms with van der Waals surface area (Å²) < 4.78 is 15.1. The van der Waals surface area contributed by atoms with Crippen molar-refractivity contribution in [3.8, 4) is 5.82 Å². The van der Waals surface area contributed by atoms with E-state index in [2.05, 4.69) is 15.1 Å². The van der Waals surface area contributed by atoms with Crippen LogP contribution < -0.4 is 5.73 Å². The second-order valence-corrected chi connectivity index (χ2v) is 3.65. The van der Waals surface area contributed by atoms with E-state index in [0.29, 0.717) is 0 Å². The van der Waals surface area contributed by atoms with Gasteiger partial charge in [0.25, 0.3) is 0 Å². The third-order valence-electron chi connectivity index (χ3n) is 2.50. The second-order valence-electron chi connectivity index (χ2n) is 3.65. The summed E-state index contributed by atoms with van der Waals surface area (Å²) in [7, 11) is 0. The van der Waals surface area contributed by atoms with Crippen molar-refractivity contribution in [2.45, 2.75) is 26.7 Å². The summed E-state index contributed by atoms with van der Waals surface area (Å²) in [6, 6.07) is 1.94. The lowest BCUT2D eigenvalue weighted by atomic mass is 10.2. The van der Waals surface area contributed by atoms with Crippen molar-refractivity contribution < 1.29 is 4.39 Å². The maximum Gasteiger partial charge on any atom is 0.222 e. The van der Waals surface area contributed by atoms with Gasteiger partial charge >= 0.3 is 0 Å². The number of hydrogen-bond acceptors (Lipinski definition) is 4. The van der Waals surface area contributed by atoms with Gasteiger partial charge in [-0.15, -0.1) is 0 Å². The first-order chi connectivity index (χ1) is 8.15. The Morgan fingerprint density at radius 3 is 2.76 bits per heavy atom. The van der Waals surface area contributed by atoms with Gasteiger partial charge in [0.2, 0.25) is 5.95 Å². The average molecular weight is 235 g/mol. The fourth-order valence-corrected chi connectivity index (χ4v) is 1.60. The van der Waals surface area contributed by atoms with Gasteiger partial charge in [0.1, 0.15) is 0 Å². The molecule has 0 aliphatic heterocycles. The highest BCUT2D eigenvalue weighted by molar-refractivity contribution is 5.31. The highest BCUT2D eigenvalue weighted by Gasteiger charge is 2.13. The molecule has 2 N–H and O–H groups in total. The molecule has 6 heteroatoms. The third-order valence-corrected chi connectivity index (χ3v) is 2.50. The van der Waals surface area contributed by atoms with E-state index >= 15 is 0 Å². The van der Waals surface area contributed by atoms with Crippen LogP contribution in [0.2, 0.25) is 0 Å². The van der Waals surface area contributed by atoms with Crippen molar-refractivity contribution in [1.29, 1.82) is 0 Å². The largest absolute Gasteiger partial charge is 0.368 e. The molecule has 5 nitrogen and oxygen atoms in total. The molecule has 0 amide bonds. The number of hydrogen-bond donors (Lipinski definition) is 1. The lowest BCUT2D eigenvalue weighted by molar-refractivity contribution is 0.588. The molecule has 0 aliphatic rings. The number of aromatic nitrogens is 4. The molecule has 0 aliphatic carbocycles. The molecule has 0 bridgehead atoms. The molecule has 0 saturated heterocycles. The van der Waals surface area contributed by atoms with Crippen LogP contribution >= 0.6 is 0 Å². The minimum Gasteiger partial charge on any atom is -0.368 e. The normalized spacial score (nSPS) is 10.8. The maximum atomic E-state index is 13.6. The predicted octanol–water partition coefficient (Wildman–Crippen LogP) is 1.51. The molecular formula is C11H14FN5. The molecule has 0 radical (unpaired) electrons. The van der Waals surface area contributed by atoms with E-state index in [-0.39, 0.29) is 11.8 Å². The molecular weight excluding hydrogens is 221 g/mol. The average Bonchev–Trinajstić information content (AvgIpc) is 2.75. The van der Waals surface area contributed by atoms with Crippen LogP contribution in [0.5, 0.6) is 0 Å². The Bertz CT molecular complexity index is 535. The topological polar surface area (TPSA) is 69.6 Å². The zero-order chi connectivity index (χ0) is 12.4. The monoisotopic (exact) mass is 235 g/mol. The van der Waals surface area contributed by atoms with Crippen molar-refractivity contribution in [3.63, 3.8) is 0 Å². The van der Waals surface area contributed by atoms with E-state index in [0.717, 1.165) is 30.4 Å². The van der Waals surface area contributed by atoms with Crippen molar-refractivity contribution in [1.82, 2.24) is 19.7 Å². The van der Waals surface area contributed by atoms with Gasteiger partial charge < -0.3 is 5.73 Å². The van der Waals surface area contributed by atoms with Gasteiger partial charge in [-0.3, -0.25) is 0 Å². The fraction of sp³-hybridized carbons (Fsp3) is 0.364. The van der Waals surface area contributed by atoms with Gasteiger partial charge in [-0.1, -0.05) is 13.8 Å². The summed E-state index contributed by atoms with van der Waals surface area (Å²) in [6.07, 6.45) is 2.60. The number of anilines is 1. The van der Waals surface area contributed by atoms with Crippen LogP contribution in [0.3, 0.4) is 0 Å². The van der Waals surface area contributed by atoms with Gasteiger partial charge in [0.05, 0.1) is 11.9 Å². The number of halogens is 1. The first-order valence-corrected chi connectivity index (χ1v) is 5.51. The predicted molar refractivity (Wildman–Crippen MR) is 62.3 cm³/mol. The van der Waals surface area contributed by atoms with Crippen molar-refractivity contribution >= 4 is 5.95 Å². The molecule has 0 unspecified atom stereocenters. The van der Waals surface area contributed by atoms with E-state index in [9.17, 15) is 4.39 Å². The van der Waals surface area contributed by atoms with E-state index < -0.39 is 5.82 Å². The van der Waals surface area contributed by atoms with Gasteiger partial charge in [-0.2, -0.15) is 10.1 Å². The maximum absolute atomic E-state index is 13.6. The van der Waals surface area contributed by atoms with Crippen LogP contribution in [-0.4, -0.2) is 19.7 Å². The summed E-state index contributed by atoms with van der Waals surface area (Å²) in [5.74, 6) is -0.384. The standard InChI is InChI=1S/C11H14FN5/c1-3-7-5-8(4-2)17(16-7)10-9(12)6-14-11(13)15-10/h5-6H,3-4H2,1-2H3,(H2,13,14,15). The van der Waals surface area contributed by atoms with Crippen LogP contribution in [0.25, 0.3) is 5.82 Å². The number of nitrogens with two attached hydrogens (primary N) is 1. The summed E-state index contributed by atoms with van der Waals surface area (Å²) in [4.78, 5) is 7.49. The van der Waals surface area contributed by atoms with E-state index in [1.165, 1.54) is 4.68 Å². The van der Waals surface area contributed by atoms with E-state index in [1.807, 2.05) is 19.9 Å². The fourth-order valence-electron chi connectivity index (χ4n) is 1.60. The van der Waals surface area contributed by atoms with Gasteiger partial charge in [-0.25, -0.2) is 14.1 Å². The molecule has 0 fully saturated rings. The molecule has 0 aromatic carbocycles. The molecule has 0 atom stereocenters. The minimum atomic E-state index is -0.528. The summed E-state index contributed by atoms with van der Waals surface area (Å²) in [6.45, 7) is 3.98. The van der Waals surface area contributed by atoms with Crippen molar-refractivity contribution in [3.05, 3.63) is 29.5 Å². The molecule has 90 valence electrons. The molecule has 17 heavy (non-hydrogen) atoms. The van der Waals surface area contributed by atoms with Gasteiger partial charge in [-0.05, 0) is 18.9 Å². The highest BCUT2D eigenvalue weighted by atomic mass is 19.1. The SMILES string of the molecule is CCc1cc(CC)n(-c2nc(N)ncc2F)n1. The summed E-state index contributed by atoms with van der Waals surface area (Å²) in [5, 5.41) is 4.30. The van der Waals surface area contributed by atoms with Crippen LogP contribution in [0, 0.1) is 5.82 Å². The Morgan fingerprint density at radius 1 is 1.35 bits per heavy atom. The number of rotatable bonds is 3. The number of nitrogens with zero attached hydrogens (tertiary/aromatic N) is 4. The Hall–Kier alpha value is -1.98. The molecule has 2 aromatic heterocycles. The zero-order valence-electron chi connectivity index (χ0n) is 9.81. The Balaban J connectivity index is 2.58.